The lowest BCUT2D eigenvalue weighted by Crippen LogP contribution is -2.62. The summed E-state index contributed by atoms with van der Waals surface area (Å²) in [4.78, 5) is 28.0. The van der Waals surface area contributed by atoms with E-state index in [0.29, 0.717) is 39.3 Å². The number of hydrazine groups is 1. The van der Waals surface area contributed by atoms with Crippen LogP contribution in [0, 0.1) is 10.1 Å². The highest BCUT2D eigenvalue weighted by Gasteiger charge is 2.42. The highest BCUT2D eigenvalue weighted by Crippen LogP contribution is 2.31. The van der Waals surface area contributed by atoms with Crippen LogP contribution in [0.4, 0.5) is 10.6 Å². The molecular formula is C16H26N6O5. The molecule has 150 valence electrons. The van der Waals surface area contributed by atoms with E-state index in [-0.39, 0.29) is 11.8 Å². The van der Waals surface area contributed by atoms with Gasteiger partial charge in [0.2, 0.25) is 0 Å². The fourth-order valence-electron chi connectivity index (χ4n) is 3.76. The van der Waals surface area contributed by atoms with Crippen molar-refractivity contribution in [3.8, 4) is 6.01 Å². The molecule has 0 bridgehead atoms. The van der Waals surface area contributed by atoms with Gasteiger partial charge in [0.1, 0.15) is 11.8 Å². The summed E-state index contributed by atoms with van der Waals surface area (Å²) in [6, 6.07) is 0.271. The zero-order chi connectivity index (χ0) is 20.0. The zero-order valence-corrected chi connectivity index (χ0v) is 16.1. The number of rotatable bonds is 4. The van der Waals surface area contributed by atoms with Gasteiger partial charge in [0.05, 0.1) is 12.1 Å². The molecule has 2 aliphatic rings. The van der Waals surface area contributed by atoms with Crippen molar-refractivity contribution in [3.05, 3.63) is 16.3 Å². The Hall–Kier alpha value is -2.40. The van der Waals surface area contributed by atoms with Gasteiger partial charge in [0, 0.05) is 37.7 Å². The maximum absolute atomic E-state index is 11.6. The van der Waals surface area contributed by atoms with Gasteiger partial charge in [-0.1, -0.05) is 0 Å². The van der Waals surface area contributed by atoms with Crippen molar-refractivity contribution in [1.29, 1.82) is 0 Å². The van der Waals surface area contributed by atoms with E-state index in [0.717, 1.165) is 0 Å². The van der Waals surface area contributed by atoms with E-state index in [1.807, 2.05) is 32.7 Å². The molecule has 11 heteroatoms. The van der Waals surface area contributed by atoms with Crippen LogP contribution in [0.2, 0.25) is 0 Å². The molecule has 1 atom stereocenters. The molecule has 27 heavy (non-hydrogen) atoms. The summed E-state index contributed by atoms with van der Waals surface area (Å²) in [5.74, 6) is -0.211. The summed E-state index contributed by atoms with van der Waals surface area (Å²) in [7, 11) is 0. The normalized spacial score (nSPS) is 23.7. The Morgan fingerprint density at radius 3 is 2.52 bits per heavy atom. The summed E-state index contributed by atoms with van der Waals surface area (Å²) >= 11 is 0. The van der Waals surface area contributed by atoms with Crippen molar-refractivity contribution in [2.45, 2.75) is 45.4 Å². The third-order valence-electron chi connectivity index (χ3n) is 4.76. The fourth-order valence-corrected chi connectivity index (χ4v) is 3.76. The van der Waals surface area contributed by atoms with Crippen molar-refractivity contribution in [1.82, 2.24) is 24.5 Å². The van der Waals surface area contributed by atoms with Crippen LogP contribution >= 0.6 is 0 Å². The van der Waals surface area contributed by atoms with Crippen LogP contribution in [0.5, 0.6) is 6.01 Å². The van der Waals surface area contributed by atoms with Crippen molar-refractivity contribution in [3.63, 3.8) is 0 Å². The molecule has 1 saturated heterocycles. The number of amides is 1. The second kappa shape index (κ2) is 6.64. The predicted octanol–water partition coefficient (Wildman–Crippen LogP) is 1.25. The second-order valence-electron chi connectivity index (χ2n) is 8.31. The molecule has 3 rings (SSSR count). The minimum atomic E-state index is -0.950. The van der Waals surface area contributed by atoms with Gasteiger partial charge < -0.3 is 20.0 Å². The monoisotopic (exact) mass is 382 g/mol. The number of nitrogens with zero attached hydrogens (tertiary/aromatic N) is 6. The third-order valence-corrected chi connectivity index (χ3v) is 4.76. The maximum Gasteiger partial charge on any atom is 0.422 e. The van der Waals surface area contributed by atoms with Gasteiger partial charge in [-0.2, -0.15) is 0 Å². The van der Waals surface area contributed by atoms with E-state index in [9.17, 15) is 20.0 Å². The smallest absolute Gasteiger partial charge is 0.422 e. The topological polar surface area (TPSA) is 117 Å². The Morgan fingerprint density at radius 1 is 1.41 bits per heavy atom. The van der Waals surface area contributed by atoms with E-state index in [4.69, 9.17) is 4.74 Å². The van der Waals surface area contributed by atoms with Gasteiger partial charge in [-0.25, -0.2) is 14.8 Å². The number of piperazine rings is 1. The highest BCUT2D eigenvalue weighted by atomic mass is 16.6. The average molecular weight is 382 g/mol. The first kappa shape index (κ1) is 19.4. The first-order chi connectivity index (χ1) is 12.5. The zero-order valence-electron chi connectivity index (χ0n) is 16.1. The number of nitro groups is 1. The summed E-state index contributed by atoms with van der Waals surface area (Å²) < 4.78 is 7.55. The largest absolute Gasteiger partial charge is 0.464 e. The van der Waals surface area contributed by atoms with Crippen LogP contribution in [0.15, 0.2) is 6.20 Å². The molecule has 0 saturated carbocycles. The number of imidazole rings is 1. The van der Waals surface area contributed by atoms with Gasteiger partial charge in [0.15, 0.2) is 0 Å². The lowest BCUT2D eigenvalue weighted by atomic mass is 10.1. The number of hydrogen-bond donors (Lipinski definition) is 1. The molecule has 1 aromatic heterocycles. The van der Waals surface area contributed by atoms with Crippen molar-refractivity contribution in [2.24, 2.45) is 0 Å². The molecule has 0 aromatic carbocycles. The predicted molar refractivity (Wildman–Crippen MR) is 95.5 cm³/mol. The van der Waals surface area contributed by atoms with Crippen molar-refractivity contribution >= 4 is 11.9 Å². The SMILES string of the molecule is CC1(CN2CCN(N(C(=O)O)C(C)(C)C)CC2)Cn2cc([N+](=O)[O-])nc2O1. The summed E-state index contributed by atoms with van der Waals surface area (Å²) in [6.07, 6.45) is 0.445. The molecule has 0 spiro atoms. The minimum absolute atomic E-state index is 0.211. The lowest BCUT2D eigenvalue weighted by molar-refractivity contribution is -0.389. The standard InChI is InChI=1S/C16H26N6O5/c1-15(2,3)21(14(23)24)20-7-5-18(6-8-20)10-16(4)11-19-9-12(22(25)26)17-13(19)27-16/h9H,5-8,10-11H2,1-4H3,(H,23,24). The van der Waals surface area contributed by atoms with Crippen LogP contribution in [0.1, 0.15) is 27.7 Å². The molecule has 11 nitrogen and oxygen atoms in total. The Morgan fingerprint density at radius 2 is 2.04 bits per heavy atom. The molecule has 1 unspecified atom stereocenters. The summed E-state index contributed by atoms with van der Waals surface area (Å²) in [5.41, 5.74) is -1.02. The molecule has 1 amide bonds. The van der Waals surface area contributed by atoms with Gasteiger partial charge >= 0.3 is 17.9 Å². The van der Waals surface area contributed by atoms with E-state index >= 15 is 0 Å². The first-order valence-corrected chi connectivity index (χ1v) is 8.89. The molecule has 2 aliphatic heterocycles. The Kier molecular flexibility index (Phi) is 4.76. The Bertz CT molecular complexity index is 711. The molecule has 1 fully saturated rings. The van der Waals surface area contributed by atoms with Gasteiger partial charge in [0.25, 0.3) is 0 Å². The quantitative estimate of drug-likeness (QED) is 0.611. The molecule has 0 aliphatic carbocycles. The Labute approximate surface area is 157 Å². The first-order valence-electron chi connectivity index (χ1n) is 8.89. The number of hydrogen-bond acceptors (Lipinski definition) is 7. The van der Waals surface area contributed by atoms with Crippen LogP contribution in [0.25, 0.3) is 0 Å². The van der Waals surface area contributed by atoms with E-state index in [1.54, 1.807) is 4.57 Å². The van der Waals surface area contributed by atoms with E-state index in [1.165, 1.54) is 11.2 Å². The fraction of sp³-hybridized carbons (Fsp3) is 0.750. The van der Waals surface area contributed by atoms with Gasteiger partial charge in [-0.05, 0) is 32.6 Å². The molecule has 0 radical (unpaired) electrons. The molecule has 1 aromatic rings. The average Bonchev–Trinajstić information content (AvgIpc) is 3.02. The molecular weight excluding hydrogens is 356 g/mol. The molecule has 1 N–H and O–H groups in total. The number of fused-ring (bicyclic) bond motifs is 1. The lowest BCUT2D eigenvalue weighted by Gasteiger charge is -2.46. The van der Waals surface area contributed by atoms with Crippen molar-refractivity contribution in [2.75, 3.05) is 32.7 Å². The number of carboxylic acid groups (broad SMARTS) is 1. The van der Waals surface area contributed by atoms with Gasteiger partial charge in [-0.15, -0.1) is 0 Å². The summed E-state index contributed by atoms with van der Waals surface area (Å²) in [6.45, 7) is 11.4. The Balaban J connectivity index is 1.57. The number of aromatic nitrogens is 2. The number of carbonyl (C=O) groups is 1. The van der Waals surface area contributed by atoms with Crippen LogP contribution < -0.4 is 4.74 Å². The van der Waals surface area contributed by atoms with E-state index < -0.39 is 22.2 Å². The third kappa shape index (κ3) is 3.98. The van der Waals surface area contributed by atoms with Crippen LogP contribution in [0.3, 0.4) is 0 Å². The van der Waals surface area contributed by atoms with Crippen LogP contribution in [-0.4, -0.2) is 84.5 Å². The second-order valence-corrected chi connectivity index (χ2v) is 8.31. The van der Waals surface area contributed by atoms with Crippen molar-refractivity contribution < 1.29 is 19.6 Å². The van der Waals surface area contributed by atoms with Gasteiger partial charge in [-0.3, -0.25) is 9.47 Å². The minimum Gasteiger partial charge on any atom is -0.464 e. The van der Waals surface area contributed by atoms with E-state index in [2.05, 4.69) is 9.88 Å². The van der Waals surface area contributed by atoms with Crippen LogP contribution in [-0.2, 0) is 6.54 Å². The summed E-state index contributed by atoms with van der Waals surface area (Å²) in [5, 5.41) is 23.6. The molecule has 3 heterocycles. The number of ether oxygens (including phenoxy) is 1. The maximum atomic E-state index is 11.6. The highest BCUT2D eigenvalue weighted by molar-refractivity contribution is 5.65.